The van der Waals surface area contributed by atoms with E-state index in [4.69, 9.17) is 0 Å². The third-order valence-electron chi connectivity index (χ3n) is 2.13. The molecule has 0 saturated heterocycles. The number of hydrogen-bond donors (Lipinski definition) is 2. The van der Waals surface area contributed by atoms with Crippen LogP contribution in [0.5, 0.6) is 0 Å². The molecular formula is C11H15F2NO. The van der Waals surface area contributed by atoms with Crippen molar-refractivity contribution in [2.45, 2.75) is 18.9 Å². The first-order valence-electron chi connectivity index (χ1n) is 4.89. The smallest absolute Gasteiger partial charge is 0.126 e. The highest BCUT2D eigenvalue weighted by molar-refractivity contribution is 5.18. The number of halogens is 2. The number of aliphatic hydroxyl groups excluding tert-OH is 1. The molecule has 2 N–H and O–H groups in total. The zero-order valence-corrected chi connectivity index (χ0v) is 8.63. The Bertz CT molecular complexity index is 297. The standard InChI is InChI=1S/C11H15F2NO/c1-14-7-11(15)3-2-8-4-9(12)6-10(13)5-8/h4-6,11,14-15H,2-3,7H2,1H3. The topological polar surface area (TPSA) is 32.3 Å². The Morgan fingerprint density at radius 3 is 2.40 bits per heavy atom. The number of benzene rings is 1. The molecule has 0 aromatic heterocycles. The van der Waals surface area contributed by atoms with Crippen LogP contribution >= 0.6 is 0 Å². The van der Waals surface area contributed by atoms with E-state index < -0.39 is 17.7 Å². The van der Waals surface area contributed by atoms with E-state index in [2.05, 4.69) is 5.32 Å². The van der Waals surface area contributed by atoms with Crippen molar-refractivity contribution >= 4 is 0 Å². The SMILES string of the molecule is CNCC(O)CCc1cc(F)cc(F)c1. The van der Waals surface area contributed by atoms with Crippen molar-refractivity contribution in [1.29, 1.82) is 0 Å². The molecular weight excluding hydrogens is 200 g/mol. The highest BCUT2D eigenvalue weighted by atomic mass is 19.1. The lowest BCUT2D eigenvalue weighted by molar-refractivity contribution is 0.164. The van der Waals surface area contributed by atoms with Gasteiger partial charge in [-0.2, -0.15) is 0 Å². The second kappa shape index (κ2) is 5.78. The van der Waals surface area contributed by atoms with E-state index in [1.807, 2.05) is 0 Å². The van der Waals surface area contributed by atoms with E-state index in [1.165, 1.54) is 12.1 Å². The highest BCUT2D eigenvalue weighted by Crippen LogP contribution is 2.10. The summed E-state index contributed by atoms with van der Waals surface area (Å²) in [6.07, 6.45) is 0.475. The number of rotatable bonds is 5. The minimum absolute atomic E-state index is 0.470. The van der Waals surface area contributed by atoms with Crippen molar-refractivity contribution in [2.24, 2.45) is 0 Å². The summed E-state index contributed by atoms with van der Waals surface area (Å²) < 4.78 is 25.6. The van der Waals surface area contributed by atoms with Crippen LogP contribution in [0.25, 0.3) is 0 Å². The molecule has 0 bridgehead atoms. The van der Waals surface area contributed by atoms with Crippen LogP contribution in [0.3, 0.4) is 0 Å². The third-order valence-corrected chi connectivity index (χ3v) is 2.13. The maximum Gasteiger partial charge on any atom is 0.126 e. The molecule has 0 heterocycles. The van der Waals surface area contributed by atoms with E-state index in [0.29, 0.717) is 24.9 Å². The van der Waals surface area contributed by atoms with Gasteiger partial charge in [-0.3, -0.25) is 0 Å². The maximum absolute atomic E-state index is 12.8. The minimum Gasteiger partial charge on any atom is -0.392 e. The normalized spacial score (nSPS) is 12.8. The van der Waals surface area contributed by atoms with Crippen LogP contribution in [0.15, 0.2) is 18.2 Å². The fourth-order valence-electron chi connectivity index (χ4n) is 1.43. The molecule has 15 heavy (non-hydrogen) atoms. The summed E-state index contributed by atoms with van der Waals surface area (Å²) in [4.78, 5) is 0. The molecule has 1 unspecified atom stereocenters. The van der Waals surface area contributed by atoms with Gasteiger partial charge in [-0.1, -0.05) is 0 Å². The molecule has 0 aliphatic heterocycles. The van der Waals surface area contributed by atoms with Gasteiger partial charge < -0.3 is 10.4 Å². The highest BCUT2D eigenvalue weighted by Gasteiger charge is 2.05. The minimum atomic E-state index is -0.576. The fourth-order valence-corrected chi connectivity index (χ4v) is 1.43. The van der Waals surface area contributed by atoms with Crippen LogP contribution in [0, 0.1) is 11.6 Å². The molecule has 0 spiro atoms. The lowest BCUT2D eigenvalue weighted by atomic mass is 10.1. The first kappa shape index (κ1) is 12.1. The van der Waals surface area contributed by atoms with Gasteiger partial charge in [-0.15, -0.1) is 0 Å². The molecule has 1 aromatic rings. The van der Waals surface area contributed by atoms with Crippen LogP contribution in [-0.2, 0) is 6.42 Å². The summed E-state index contributed by atoms with van der Waals surface area (Å²) in [5.74, 6) is -1.15. The average molecular weight is 215 g/mol. The Morgan fingerprint density at radius 1 is 1.27 bits per heavy atom. The van der Waals surface area contributed by atoms with Crippen LogP contribution in [0.1, 0.15) is 12.0 Å². The van der Waals surface area contributed by atoms with Gasteiger partial charge in [0, 0.05) is 12.6 Å². The van der Waals surface area contributed by atoms with Gasteiger partial charge in [-0.05, 0) is 37.6 Å². The van der Waals surface area contributed by atoms with Crippen molar-refractivity contribution in [1.82, 2.24) is 5.32 Å². The third kappa shape index (κ3) is 4.36. The molecule has 2 nitrogen and oxygen atoms in total. The second-order valence-electron chi connectivity index (χ2n) is 3.53. The van der Waals surface area contributed by atoms with Gasteiger partial charge >= 0.3 is 0 Å². The van der Waals surface area contributed by atoms with Crippen LogP contribution < -0.4 is 5.32 Å². The molecule has 1 rings (SSSR count). The van der Waals surface area contributed by atoms with Crippen LogP contribution in [-0.4, -0.2) is 24.8 Å². The van der Waals surface area contributed by atoms with Crippen molar-refractivity contribution in [2.75, 3.05) is 13.6 Å². The summed E-state index contributed by atoms with van der Waals surface area (Å²) in [6, 6.07) is 3.41. The zero-order chi connectivity index (χ0) is 11.3. The molecule has 1 aromatic carbocycles. The summed E-state index contributed by atoms with van der Waals surface area (Å²) in [5, 5.41) is 12.2. The van der Waals surface area contributed by atoms with Gasteiger partial charge in [0.25, 0.3) is 0 Å². The van der Waals surface area contributed by atoms with Crippen LogP contribution in [0.2, 0.25) is 0 Å². The van der Waals surface area contributed by atoms with E-state index in [1.54, 1.807) is 7.05 Å². The Balaban J connectivity index is 2.50. The van der Waals surface area contributed by atoms with Crippen molar-refractivity contribution in [3.63, 3.8) is 0 Å². The molecule has 84 valence electrons. The summed E-state index contributed by atoms with van der Waals surface area (Å²) in [5.41, 5.74) is 0.572. The molecule has 0 fully saturated rings. The van der Waals surface area contributed by atoms with Gasteiger partial charge in [0.05, 0.1) is 6.10 Å². The quantitative estimate of drug-likeness (QED) is 0.779. The van der Waals surface area contributed by atoms with E-state index in [9.17, 15) is 13.9 Å². The molecule has 1 atom stereocenters. The van der Waals surface area contributed by atoms with Gasteiger partial charge in [0.2, 0.25) is 0 Å². The first-order chi connectivity index (χ1) is 7.11. The van der Waals surface area contributed by atoms with Gasteiger partial charge in [-0.25, -0.2) is 8.78 Å². The van der Waals surface area contributed by atoms with E-state index in [0.717, 1.165) is 6.07 Å². The number of nitrogens with one attached hydrogen (secondary N) is 1. The summed E-state index contributed by atoms with van der Waals surface area (Å²) in [7, 11) is 1.74. The van der Waals surface area contributed by atoms with Crippen LogP contribution in [0.4, 0.5) is 8.78 Å². The predicted molar refractivity (Wildman–Crippen MR) is 54.6 cm³/mol. The number of aryl methyl sites for hydroxylation is 1. The Labute approximate surface area is 87.9 Å². The zero-order valence-electron chi connectivity index (χ0n) is 8.63. The molecule has 4 heteroatoms. The van der Waals surface area contributed by atoms with Crippen molar-refractivity contribution < 1.29 is 13.9 Å². The van der Waals surface area contributed by atoms with E-state index >= 15 is 0 Å². The molecule has 0 aliphatic carbocycles. The molecule has 0 amide bonds. The summed E-state index contributed by atoms with van der Waals surface area (Å²) >= 11 is 0. The van der Waals surface area contributed by atoms with Gasteiger partial charge in [0.15, 0.2) is 0 Å². The number of likely N-dealkylation sites (N-methyl/N-ethyl adjacent to an activating group) is 1. The molecule has 0 saturated carbocycles. The maximum atomic E-state index is 12.8. The summed E-state index contributed by atoms with van der Waals surface area (Å²) in [6.45, 7) is 0.484. The predicted octanol–water partition coefficient (Wildman–Crippen LogP) is 1.48. The number of aliphatic hydroxyl groups is 1. The molecule has 0 radical (unpaired) electrons. The fraction of sp³-hybridized carbons (Fsp3) is 0.455. The van der Waals surface area contributed by atoms with Crippen molar-refractivity contribution in [3.8, 4) is 0 Å². The first-order valence-corrected chi connectivity index (χ1v) is 4.89. The van der Waals surface area contributed by atoms with E-state index in [-0.39, 0.29) is 0 Å². The van der Waals surface area contributed by atoms with Gasteiger partial charge in [0.1, 0.15) is 11.6 Å². The Hall–Kier alpha value is -1.00. The molecule has 0 aliphatic rings. The lowest BCUT2D eigenvalue weighted by Crippen LogP contribution is -2.23. The largest absolute Gasteiger partial charge is 0.392 e. The second-order valence-corrected chi connectivity index (χ2v) is 3.53. The Morgan fingerprint density at radius 2 is 1.87 bits per heavy atom. The monoisotopic (exact) mass is 215 g/mol. The lowest BCUT2D eigenvalue weighted by Gasteiger charge is -2.09. The Kier molecular flexibility index (Phi) is 4.65. The number of hydrogen-bond acceptors (Lipinski definition) is 2. The van der Waals surface area contributed by atoms with Crippen molar-refractivity contribution in [3.05, 3.63) is 35.4 Å². The average Bonchev–Trinajstić information content (AvgIpc) is 2.14.